The lowest BCUT2D eigenvalue weighted by molar-refractivity contribution is 0.233. The van der Waals surface area contributed by atoms with Gasteiger partial charge in [0.1, 0.15) is 6.61 Å². The van der Waals surface area contributed by atoms with Crippen molar-refractivity contribution in [2.24, 2.45) is 0 Å². The highest BCUT2D eigenvalue weighted by Crippen LogP contribution is 2.32. The van der Waals surface area contributed by atoms with Gasteiger partial charge in [-0.25, -0.2) is 18.7 Å². The first-order valence-corrected chi connectivity index (χ1v) is 11.7. The third-order valence-electron chi connectivity index (χ3n) is 6.06. The number of hydrogen-bond acceptors (Lipinski definition) is 9. The largest absolute Gasteiger partial charge is 0.494 e. The van der Waals surface area contributed by atoms with E-state index in [9.17, 15) is 8.78 Å². The Balaban J connectivity index is 1.27. The zero-order valence-electron chi connectivity index (χ0n) is 20.6. The lowest BCUT2D eigenvalue weighted by Gasteiger charge is -2.29. The fraction of sp³-hybridized carbons (Fsp3) is 0.458. The lowest BCUT2D eigenvalue weighted by atomic mass is 10.1. The van der Waals surface area contributed by atoms with Crippen LogP contribution >= 0.6 is 0 Å². The third-order valence-corrected chi connectivity index (χ3v) is 6.06. The second-order valence-corrected chi connectivity index (χ2v) is 8.57. The van der Waals surface area contributed by atoms with Gasteiger partial charge in [-0.2, -0.15) is 5.10 Å². The van der Waals surface area contributed by atoms with Crippen LogP contribution in [0.2, 0.25) is 0 Å². The molecule has 0 saturated carbocycles. The van der Waals surface area contributed by atoms with Crippen LogP contribution in [0.4, 0.5) is 20.4 Å². The second-order valence-electron chi connectivity index (χ2n) is 8.57. The predicted octanol–water partition coefficient (Wildman–Crippen LogP) is 2.97. The van der Waals surface area contributed by atoms with Crippen LogP contribution in [0.25, 0.3) is 0 Å². The van der Waals surface area contributed by atoms with Crippen LogP contribution in [0.5, 0.6) is 17.2 Å². The first kappa shape index (κ1) is 25.6. The number of halogens is 2. The topological polar surface area (TPSA) is 98.6 Å². The summed E-state index contributed by atoms with van der Waals surface area (Å²) < 4.78 is 46.2. The van der Waals surface area contributed by atoms with Crippen molar-refractivity contribution in [3.8, 4) is 17.2 Å². The third kappa shape index (κ3) is 6.38. The van der Waals surface area contributed by atoms with Gasteiger partial charge in [0.05, 0.1) is 50.6 Å². The van der Waals surface area contributed by atoms with E-state index in [-0.39, 0.29) is 29.4 Å². The molecule has 1 aliphatic rings. The van der Waals surface area contributed by atoms with Crippen molar-refractivity contribution in [3.05, 3.63) is 48.1 Å². The van der Waals surface area contributed by atoms with E-state index < -0.39 is 11.6 Å². The highest BCUT2D eigenvalue weighted by atomic mass is 19.1. The monoisotopic (exact) mass is 503 g/mol. The summed E-state index contributed by atoms with van der Waals surface area (Å²) in [6.45, 7) is 3.46. The molecule has 0 unspecified atom stereocenters. The van der Waals surface area contributed by atoms with E-state index >= 15 is 0 Å². The summed E-state index contributed by atoms with van der Waals surface area (Å²) in [6.07, 6.45) is 8.74. The summed E-state index contributed by atoms with van der Waals surface area (Å²) in [6, 6.07) is 1.70. The van der Waals surface area contributed by atoms with Crippen LogP contribution in [0.1, 0.15) is 18.4 Å². The molecule has 0 spiro atoms. The number of methoxy groups -OCH3 is 2. The molecule has 10 nitrogen and oxygen atoms in total. The number of aromatic nitrogens is 4. The van der Waals surface area contributed by atoms with Gasteiger partial charge in [0.25, 0.3) is 0 Å². The first-order valence-electron chi connectivity index (χ1n) is 11.7. The van der Waals surface area contributed by atoms with Crippen molar-refractivity contribution in [1.29, 1.82) is 0 Å². The number of nitrogens with one attached hydrogen (secondary N) is 2. The molecule has 3 heterocycles. The van der Waals surface area contributed by atoms with Gasteiger partial charge in [-0.15, -0.1) is 0 Å². The minimum atomic E-state index is -0.853. The van der Waals surface area contributed by atoms with Crippen molar-refractivity contribution < 1.29 is 23.0 Å². The molecule has 2 N–H and O–H groups in total. The summed E-state index contributed by atoms with van der Waals surface area (Å²) in [7, 11) is 4.73. The fourth-order valence-electron chi connectivity index (χ4n) is 3.95. The molecule has 0 atom stereocenters. The van der Waals surface area contributed by atoms with E-state index in [2.05, 4.69) is 37.6 Å². The summed E-state index contributed by atoms with van der Waals surface area (Å²) in [5.74, 6) is -1.40. The Morgan fingerprint density at radius 2 is 1.69 bits per heavy atom. The maximum atomic E-state index is 14.5. The Morgan fingerprint density at radius 1 is 1.03 bits per heavy atom. The van der Waals surface area contributed by atoms with Gasteiger partial charge < -0.3 is 29.7 Å². The van der Waals surface area contributed by atoms with Crippen LogP contribution in [0, 0.1) is 11.6 Å². The van der Waals surface area contributed by atoms with Crippen LogP contribution in [0.3, 0.4) is 0 Å². The van der Waals surface area contributed by atoms with Crippen LogP contribution in [-0.2, 0) is 13.2 Å². The van der Waals surface area contributed by atoms with Crippen molar-refractivity contribution in [2.45, 2.75) is 32.0 Å². The highest BCUT2D eigenvalue weighted by molar-refractivity contribution is 5.50. The summed E-state index contributed by atoms with van der Waals surface area (Å²) in [4.78, 5) is 10.7. The van der Waals surface area contributed by atoms with Crippen molar-refractivity contribution in [2.75, 3.05) is 46.2 Å². The molecule has 0 bridgehead atoms. The Labute approximate surface area is 208 Å². The quantitative estimate of drug-likeness (QED) is 0.409. The van der Waals surface area contributed by atoms with Crippen LogP contribution < -0.4 is 24.8 Å². The number of piperidine rings is 1. The molecule has 36 heavy (non-hydrogen) atoms. The second kappa shape index (κ2) is 12.0. The molecule has 1 fully saturated rings. The average molecular weight is 504 g/mol. The van der Waals surface area contributed by atoms with E-state index in [0.717, 1.165) is 50.8 Å². The number of nitrogens with zero attached hydrogens (tertiary/aromatic N) is 5. The molecule has 12 heteroatoms. The zero-order valence-corrected chi connectivity index (χ0v) is 20.6. The SMILES string of the molecule is COc1cc(OC)c(F)c(COc2cnc(Nc3cnn(CCNC4CCN(C)CC4)c3)nc2)c1F. The normalized spacial score (nSPS) is 14.6. The first-order chi connectivity index (χ1) is 17.5. The van der Waals surface area contributed by atoms with Crippen LogP contribution in [0.15, 0.2) is 30.9 Å². The number of ether oxygens (including phenoxy) is 3. The maximum Gasteiger partial charge on any atom is 0.227 e. The predicted molar refractivity (Wildman–Crippen MR) is 130 cm³/mol. The van der Waals surface area contributed by atoms with Gasteiger partial charge in [0.2, 0.25) is 5.95 Å². The number of likely N-dealkylation sites (tertiary alicyclic amines) is 1. The van der Waals surface area contributed by atoms with E-state index in [1.807, 2.05) is 10.9 Å². The molecule has 2 aromatic heterocycles. The van der Waals surface area contributed by atoms with Gasteiger partial charge in [-0.3, -0.25) is 4.68 Å². The van der Waals surface area contributed by atoms with Crippen molar-refractivity contribution in [1.82, 2.24) is 30.0 Å². The standard InChI is InChI=1S/C24H31F2N7O3/c1-32-7-4-16(5-8-32)27-6-9-33-14-17(11-30-33)31-24-28-12-18(13-29-24)36-15-19-22(25)20(34-2)10-21(35-3)23(19)26/h10-14,16,27H,4-9,15H2,1-3H3,(H,28,29,31). The van der Waals surface area contributed by atoms with Gasteiger partial charge in [0, 0.05) is 24.8 Å². The molecule has 1 aliphatic heterocycles. The van der Waals surface area contributed by atoms with Gasteiger partial charge in [-0.05, 0) is 33.0 Å². The maximum absolute atomic E-state index is 14.5. The molecule has 0 amide bonds. The van der Waals surface area contributed by atoms with Gasteiger partial charge >= 0.3 is 0 Å². The van der Waals surface area contributed by atoms with E-state index in [1.54, 1.807) is 6.20 Å². The Kier molecular flexibility index (Phi) is 8.49. The number of anilines is 2. The van der Waals surface area contributed by atoms with E-state index in [4.69, 9.17) is 14.2 Å². The molecule has 0 radical (unpaired) electrons. The molecule has 0 aliphatic carbocycles. The molecular formula is C24H31F2N7O3. The number of benzene rings is 1. The summed E-state index contributed by atoms with van der Waals surface area (Å²) in [5.41, 5.74) is 0.432. The minimum Gasteiger partial charge on any atom is -0.494 e. The Morgan fingerprint density at radius 3 is 2.33 bits per heavy atom. The van der Waals surface area contributed by atoms with Gasteiger partial charge in [-0.1, -0.05) is 0 Å². The Hall–Kier alpha value is -3.51. The smallest absolute Gasteiger partial charge is 0.227 e. The van der Waals surface area contributed by atoms with Gasteiger partial charge in [0.15, 0.2) is 28.9 Å². The minimum absolute atomic E-state index is 0.138. The lowest BCUT2D eigenvalue weighted by Crippen LogP contribution is -2.41. The summed E-state index contributed by atoms with van der Waals surface area (Å²) in [5, 5.41) is 11.0. The molecule has 4 rings (SSSR count). The molecule has 1 saturated heterocycles. The zero-order chi connectivity index (χ0) is 25.5. The molecule has 3 aromatic rings. The number of hydrogen-bond donors (Lipinski definition) is 2. The van der Waals surface area contributed by atoms with Crippen molar-refractivity contribution >= 4 is 11.6 Å². The van der Waals surface area contributed by atoms with E-state index in [1.165, 1.54) is 26.6 Å². The van der Waals surface area contributed by atoms with E-state index in [0.29, 0.717) is 12.0 Å². The fourth-order valence-corrected chi connectivity index (χ4v) is 3.95. The molecule has 1 aromatic carbocycles. The Bertz CT molecular complexity index is 1110. The molecular weight excluding hydrogens is 472 g/mol. The average Bonchev–Trinajstić information content (AvgIpc) is 3.33. The van der Waals surface area contributed by atoms with Crippen LogP contribution in [-0.4, -0.2) is 71.6 Å². The highest BCUT2D eigenvalue weighted by Gasteiger charge is 2.21. The molecule has 194 valence electrons. The number of rotatable bonds is 11. The van der Waals surface area contributed by atoms with Crippen molar-refractivity contribution in [3.63, 3.8) is 0 Å². The summed E-state index contributed by atoms with van der Waals surface area (Å²) >= 11 is 0.